The predicted molar refractivity (Wildman–Crippen MR) is 92.0 cm³/mol. The summed E-state index contributed by atoms with van der Waals surface area (Å²) in [5, 5.41) is 17.6. The number of nitrogens with one attached hydrogen (secondary N) is 1. The van der Waals surface area contributed by atoms with Crippen LogP contribution in [0.25, 0.3) is 11.4 Å². The van der Waals surface area contributed by atoms with Crippen LogP contribution in [-0.2, 0) is 13.5 Å². The summed E-state index contributed by atoms with van der Waals surface area (Å²) in [6.07, 6.45) is 1.29. The van der Waals surface area contributed by atoms with Crippen LogP contribution in [0.1, 0.15) is 33.4 Å². The smallest absolute Gasteiger partial charge is 0.277 e. The first-order valence-corrected chi connectivity index (χ1v) is 7.99. The molecule has 0 spiro atoms. The van der Waals surface area contributed by atoms with E-state index in [1.807, 2.05) is 25.1 Å². The van der Waals surface area contributed by atoms with Crippen molar-refractivity contribution in [1.82, 2.24) is 19.7 Å². The third-order valence-electron chi connectivity index (χ3n) is 4.31. The minimum Gasteiger partial charge on any atom is -0.388 e. The molecule has 3 aromatic rings. The van der Waals surface area contributed by atoms with Crippen LogP contribution in [0, 0.1) is 6.92 Å². The molecular formula is C18H17N5O2. The minimum absolute atomic E-state index is 0.288. The lowest BCUT2D eigenvalue weighted by atomic mass is 9.90. The Bertz CT molecular complexity index is 979. The van der Waals surface area contributed by atoms with Gasteiger partial charge in [0.2, 0.25) is 0 Å². The fourth-order valence-electron chi connectivity index (χ4n) is 3.22. The standard InChI is InChI=1S/C18H17N5O2/c1-10-5-3-7-14(20-10)21-18(25)16-12-9-13(24)11-6-4-8-19-15(11)17(12)23(2)22-16/h3-8,13,24H,9H2,1-2H3,(H,20,21,25). The van der Waals surface area contributed by atoms with Gasteiger partial charge in [-0.1, -0.05) is 12.1 Å². The maximum Gasteiger partial charge on any atom is 0.277 e. The number of nitrogens with zero attached hydrogens (tertiary/aromatic N) is 4. The monoisotopic (exact) mass is 335 g/mol. The molecule has 0 aliphatic heterocycles. The van der Waals surface area contributed by atoms with E-state index >= 15 is 0 Å². The second-order valence-electron chi connectivity index (χ2n) is 6.08. The highest BCUT2D eigenvalue weighted by Gasteiger charge is 2.32. The molecule has 0 radical (unpaired) electrons. The van der Waals surface area contributed by atoms with Crippen molar-refractivity contribution >= 4 is 11.7 Å². The summed E-state index contributed by atoms with van der Waals surface area (Å²) in [6, 6.07) is 9.05. The summed E-state index contributed by atoms with van der Waals surface area (Å²) >= 11 is 0. The predicted octanol–water partition coefficient (Wildman–Crippen LogP) is 2.03. The van der Waals surface area contributed by atoms with Gasteiger partial charge in [-0.25, -0.2) is 4.98 Å². The highest BCUT2D eigenvalue weighted by Crippen LogP contribution is 2.38. The Balaban J connectivity index is 1.75. The van der Waals surface area contributed by atoms with Gasteiger partial charge in [-0.15, -0.1) is 0 Å². The second kappa shape index (κ2) is 5.78. The highest BCUT2D eigenvalue weighted by molar-refractivity contribution is 6.04. The first-order valence-electron chi connectivity index (χ1n) is 7.99. The summed E-state index contributed by atoms with van der Waals surface area (Å²) in [5.74, 6) is 0.126. The number of anilines is 1. The molecule has 0 aromatic carbocycles. The van der Waals surface area contributed by atoms with Crippen molar-refractivity contribution in [3.05, 3.63) is 59.0 Å². The van der Waals surface area contributed by atoms with E-state index in [4.69, 9.17) is 0 Å². The molecule has 126 valence electrons. The lowest BCUT2D eigenvalue weighted by Gasteiger charge is -2.21. The maximum atomic E-state index is 12.7. The van der Waals surface area contributed by atoms with Gasteiger partial charge >= 0.3 is 0 Å². The molecule has 1 atom stereocenters. The minimum atomic E-state index is -0.705. The van der Waals surface area contributed by atoms with Crippen LogP contribution >= 0.6 is 0 Å². The van der Waals surface area contributed by atoms with Crippen LogP contribution in [0.4, 0.5) is 5.82 Å². The van der Waals surface area contributed by atoms with Gasteiger partial charge in [-0.05, 0) is 25.1 Å². The van der Waals surface area contributed by atoms with Gasteiger partial charge in [0.25, 0.3) is 5.91 Å². The molecule has 0 fully saturated rings. The zero-order chi connectivity index (χ0) is 17.6. The van der Waals surface area contributed by atoms with Crippen molar-refractivity contribution in [2.75, 3.05) is 5.32 Å². The molecule has 1 aliphatic carbocycles. The number of carbonyl (C=O) groups is 1. The number of aromatic nitrogens is 4. The Morgan fingerprint density at radius 3 is 2.96 bits per heavy atom. The molecule has 0 saturated carbocycles. The van der Waals surface area contributed by atoms with E-state index in [0.29, 0.717) is 23.5 Å². The van der Waals surface area contributed by atoms with Crippen LogP contribution in [0.3, 0.4) is 0 Å². The normalized spacial score (nSPS) is 15.4. The molecule has 3 aromatic heterocycles. The van der Waals surface area contributed by atoms with E-state index in [-0.39, 0.29) is 11.6 Å². The summed E-state index contributed by atoms with van der Waals surface area (Å²) in [4.78, 5) is 21.4. The third kappa shape index (κ3) is 2.58. The molecular weight excluding hydrogens is 318 g/mol. The first-order chi connectivity index (χ1) is 12.0. The van der Waals surface area contributed by atoms with E-state index < -0.39 is 6.10 Å². The largest absolute Gasteiger partial charge is 0.388 e. The van der Waals surface area contributed by atoms with Gasteiger partial charge < -0.3 is 10.4 Å². The van der Waals surface area contributed by atoms with Gasteiger partial charge in [0.05, 0.1) is 17.5 Å². The number of hydrogen-bond acceptors (Lipinski definition) is 5. The summed E-state index contributed by atoms with van der Waals surface area (Å²) in [7, 11) is 1.77. The van der Waals surface area contributed by atoms with E-state index in [9.17, 15) is 9.90 Å². The number of aliphatic hydroxyl groups is 1. The van der Waals surface area contributed by atoms with Crippen molar-refractivity contribution in [1.29, 1.82) is 0 Å². The van der Waals surface area contributed by atoms with Crippen molar-refractivity contribution in [3.8, 4) is 11.4 Å². The molecule has 2 N–H and O–H groups in total. The average molecular weight is 335 g/mol. The Morgan fingerprint density at radius 1 is 1.32 bits per heavy atom. The Kier molecular flexibility index (Phi) is 3.58. The summed E-state index contributed by atoms with van der Waals surface area (Å²) < 4.78 is 1.64. The number of rotatable bonds is 2. The van der Waals surface area contributed by atoms with Crippen LogP contribution in [0.2, 0.25) is 0 Å². The summed E-state index contributed by atoms with van der Waals surface area (Å²) in [5.41, 5.74) is 3.99. The fourth-order valence-corrected chi connectivity index (χ4v) is 3.22. The molecule has 0 saturated heterocycles. The molecule has 25 heavy (non-hydrogen) atoms. The molecule has 3 heterocycles. The van der Waals surface area contributed by atoms with Gasteiger partial charge in [0.15, 0.2) is 5.69 Å². The van der Waals surface area contributed by atoms with Crippen LogP contribution in [-0.4, -0.2) is 30.8 Å². The lowest BCUT2D eigenvalue weighted by Crippen LogP contribution is -2.18. The average Bonchev–Trinajstić information content (AvgIpc) is 2.92. The fraction of sp³-hybridized carbons (Fsp3) is 0.222. The van der Waals surface area contributed by atoms with Crippen LogP contribution in [0.15, 0.2) is 36.5 Å². The zero-order valence-corrected chi connectivity index (χ0v) is 13.9. The molecule has 7 heteroatoms. The SMILES string of the molecule is Cc1cccc(NC(=O)c2nn(C)c3c2CC(O)c2cccnc2-3)n1. The van der Waals surface area contributed by atoms with E-state index in [1.165, 1.54) is 0 Å². The second-order valence-corrected chi connectivity index (χ2v) is 6.08. The first kappa shape index (κ1) is 15.5. The topological polar surface area (TPSA) is 92.9 Å². The van der Waals surface area contributed by atoms with Crippen molar-refractivity contribution in [2.45, 2.75) is 19.4 Å². The quantitative estimate of drug-likeness (QED) is 0.747. The Labute approximate surface area is 144 Å². The van der Waals surface area contributed by atoms with E-state index in [1.54, 1.807) is 30.1 Å². The number of amides is 1. The lowest BCUT2D eigenvalue weighted by molar-refractivity contribution is 0.101. The van der Waals surface area contributed by atoms with Crippen molar-refractivity contribution < 1.29 is 9.90 Å². The third-order valence-corrected chi connectivity index (χ3v) is 4.31. The zero-order valence-electron chi connectivity index (χ0n) is 13.9. The number of carbonyl (C=O) groups excluding carboxylic acids is 1. The maximum absolute atomic E-state index is 12.7. The molecule has 7 nitrogen and oxygen atoms in total. The summed E-state index contributed by atoms with van der Waals surface area (Å²) in [6.45, 7) is 1.86. The number of pyridine rings is 2. The Morgan fingerprint density at radius 2 is 2.16 bits per heavy atom. The van der Waals surface area contributed by atoms with E-state index in [2.05, 4.69) is 20.4 Å². The number of aryl methyl sites for hydroxylation is 2. The van der Waals surface area contributed by atoms with Crippen LogP contribution in [0.5, 0.6) is 0 Å². The number of fused-ring (bicyclic) bond motifs is 3. The molecule has 0 bridgehead atoms. The van der Waals surface area contributed by atoms with Crippen molar-refractivity contribution in [2.24, 2.45) is 7.05 Å². The molecule has 1 amide bonds. The van der Waals surface area contributed by atoms with Gasteiger partial charge in [0, 0.05) is 36.5 Å². The van der Waals surface area contributed by atoms with Gasteiger partial charge in [0.1, 0.15) is 5.82 Å². The van der Waals surface area contributed by atoms with Gasteiger partial charge in [-0.3, -0.25) is 14.5 Å². The highest BCUT2D eigenvalue weighted by atomic mass is 16.3. The number of aliphatic hydroxyl groups excluding tert-OH is 1. The van der Waals surface area contributed by atoms with E-state index in [0.717, 1.165) is 17.0 Å². The molecule has 4 rings (SSSR count). The molecule has 1 unspecified atom stereocenters. The molecule has 1 aliphatic rings. The van der Waals surface area contributed by atoms with Gasteiger partial charge in [-0.2, -0.15) is 5.10 Å². The van der Waals surface area contributed by atoms with Crippen LogP contribution < -0.4 is 5.32 Å². The Hall–Kier alpha value is -3.06. The van der Waals surface area contributed by atoms with Crippen molar-refractivity contribution in [3.63, 3.8) is 0 Å². The number of hydrogen-bond donors (Lipinski definition) is 2.